The maximum Gasteiger partial charge on any atom is 0.323 e. The molecule has 0 bridgehead atoms. The Morgan fingerprint density at radius 3 is 2.61 bits per heavy atom. The molecule has 5 rings (SSSR count). The minimum absolute atomic E-state index is 0.00483. The van der Waals surface area contributed by atoms with E-state index in [1.807, 2.05) is 44.3 Å². The quantitative estimate of drug-likeness (QED) is 0.361. The molecule has 1 aliphatic heterocycles. The second-order valence-electron chi connectivity index (χ2n) is 9.30. The van der Waals surface area contributed by atoms with Crippen molar-refractivity contribution in [3.8, 4) is 17.1 Å². The van der Waals surface area contributed by atoms with E-state index in [9.17, 15) is 18.3 Å². The van der Waals surface area contributed by atoms with Crippen LogP contribution in [0, 0.1) is 0 Å². The van der Waals surface area contributed by atoms with E-state index < -0.39 is 16.0 Å². The largest absolute Gasteiger partial charge is 0.491 e. The number of hydrogen-bond donors (Lipinski definition) is 1. The summed E-state index contributed by atoms with van der Waals surface area (Å²) < 4.78 is 41.0. The second-order valence-corrected chi connectivity index (χ2v) is 11.2. The van der Waals surface area contributed by atoms with Gasteiger partial charge in [-0.2, -0.15) is 4.31 Å². The van der Waals surface area contributed by atoms with Crippen molar-refractivity contribution in [1.29, 1.82) is 0 Å². The van der Waals surface area contributed by atoms with Gasteiger partial charge in [0.2, 0.25) is 10.0 Å². The first-order valence-corrected chi connectivity index (χ1v) is 13.3. The molecule has 2 aromatic heterocycles. The molecule has 0 saturated carbocycles. The number of rotatable bonds is 8. The molecule has 8 nitrogen and oxygen atoms in total. The SMILES string of the molecule is CC(C)Oc1ccc(S(=O)(=O)N2CC[C@@H](c3cn(CC(=O)O)c4cc(-c5ccco5)ccc34)C2)cc1. The van der Waals surface area contributed by atoms with Crippen LogP contribution in [0.1, 0.15) is 31.7 Å². The summed E-state index contributed by atoms with van der Waals surface area (Å²) in [6.45, 7) is 4.38. The number of aliphatic carboxylic acids is 1. The van der Waals surface area contributed by atoms with E-state index in [1.54, 1.807) is 41.2 Å². The van der Waals surface area contributed by atoms with Crippen molar-refractivity contribution in [1.82, 2.24) is 8.87 Å². The monoisotopic (exact) mass is 508 g/mol. The Morgan fingerprint density at radius 2 is 1.94 bits per heavy atom. The summed E-state index contributed by atoms with van der Waals surface area (Å²) >= 11 is 0. The molecule has 9 heteroatoms. The van der Waals surface area contributed by atoms with E-state index in [2.05, 4.69) is 0 Å². The molecule has 36 heavy (non-hydrogen) atoms. The summed E-state index contributed by atoms with van der Waals surface area (Å²) in [4.78, 5) is 11.8. The number of fused-ring (bicyclic) bond motifs is 1. The number of carboxylic acids is 1. The summed E-state index contributed by atoms with van der Waals surface area (Å²) in [6, 6.07) is 16.0. The van der Waals surface area contributed by atoms with Crippen LogP contribution in [0.3, 0.4) is 0 Å². The predicted octanol–water partition coefficient (Wildman–Crippen LogP) is 4.95. The van der Waals surface area contributed by atoms with Gasteiger partial charge in [0, 0.05) is 41.7 Å². The van der Waals surface area contributed by atoms with Crippen LogP contribution in [0.5, 0.6) is 5.75 Å². The number of furan rings is 1. The number of benzene rings is 2. The predicted molar refractivity (Wildman–Crippen MR) is 136 cm³/mol. The molecule has 0 unspecified atom stereocenters. The fraction of sp³-hybridized carbons (Fsp3) is 0.296. The summed E-state index contributed by atoms with van der Waals surface area (Å²) in [5.74, 6) is 0.339. The van der Waals surface area contributed by atoms with Crippen molar-refractivity contribution in [2.45, 2.75) is 43.7 Å². The fourth-order valence-corrected chi connectivity index (χ4v) is 6.33. The summed E-state index contributed by atoms with van der Waals surface area (Å²) in [5.41, 5.74) is 2.59. The fourth-order valence-electron chi connectivity index (χ4n) is 4.83. The molecule has 3 heterocycles. The highest BCUT2D eigenvalue weighted by atomic mass is 32.2. The maximum absolute atomic E-state index is 13.3. The number of ether oxygens (including phenoxy) is 1. The summed E-state index contributed by atoms with van der Waals surface area (Å²) in [7, 11) is -3.66. The molecule has 1 aliphatic rings. The number of nitrogens with zero attached hydrogens (tertiary/aromatic N) is 2. The van der Waals surface area contributed by atoms with E-state index in [4.69, 9.17) is 9.15 Å². The normalized spacial score (nSPS) is 16.7. The van der Waals surface area contributed by atoms with E-state index in [0.717, 1.165) is 22.0 Å². The number of sulfonamides is 1. The lowest BCUT2D eigenvalue weighted by Gasteiger charge is -2.17. The molecule has 0 amide bonds. The van der Waals surface area contributed by atoms with Crippen LogP contribution in [0.2, 0.25) is 0 Å². The van der Waals surface area contributed by atoms with Gasteiger partial charge in [-0.15, -0.1) is 0 Å². The molecular formula is C27H28N2O6S. The highest BCUT2D eigenvalue weighted by Gasteiger charge is 2.34. The van der Waals surface area contributed by atoms with Gasteiger partial charge in [0.1, 0.15) is 18.1 Å². The highest BCUT2D eigenvalue weighted by molar-refractivity contribution is 7.89. The molecular weight excluding hydrogens is 480 g/mol. The average molecular weight is 509 g/mol. The first-order chi connectivity index (χ1) is 17.2. The van der Waals surface area contributed by atoms with Crippen molar-refractivity contribution in [2.24, 2.45) is 0 Å². The number of carboxylic acid groups (broad SMARTS) is 1. The minimum atomic E-state index is -3.66. The van der Waals surface area contributed by atoms with Crippen LogP contribution < -0.4 is 4.74 Å². The number of carbonyl (C=O) groups is 1. The van der Waals surface area contributed by atoms with Gasteiger partial charge in [-0.05, 0) is 68.3 Å². The van der Waals surface area contributed by atoms with Gasteiger partial charge >= 0.3 is 5.97 Å². The van der Waals surface area contributed by atoms with E-state index in [-0.39, 0.29) is 23.5 Å². The zero-order valence-corrected chi connectivity index (χ0v) is 20.9. The summed E-state index contributed by atoms with van der Waals surface area (Å²) in [6.07, 6.45) is 4.11. The molecule has 1 atom stereocenters. The summed E-state index contributed by atoms with van der Waals surface area (Å²) in [5, 5.41) is 10.4. The Balaban J connectivity index is 1.43. The van der Waals surface area contributed by atoms with Crippen LogP contribution in [-0.2, 0) is 21.4 Å². The smallest absolute Gasteiger partial charge is 0.323 e. The Hall–Kier alpha value is -3.56. The van der Waals surface area contributed by atoms with Gasteiger partial charge in [-0.25, -0.2) is 8.42 Å². The third-order valence-corrected chi connectivity index (χ3v) is 8.33. The van der Waals surface area contributed by atoms with Gasteiger partial charge in [0.05, 0.1) is 17.3 Å². The Morgan fingerprint density at radius 1 is 1.17 bits per heavy atom. The van der Waals surface area contributed by atoms with Gasteiger partial charge in [0.25, 0.3) is 0 Å². The molecule has 4 aromatic rings. The lowest BCUT2D eigenvalue weighted by molar-refractivity contribution is -0.137. The molecule has 0 radical (unpaired) electrons. The number of hydrogen-bond acceptors (Lipinski definition) is 5. The first-order valence-electron chi connectivity index (χ1n) is 11.9. The van der Waals surface area contributed by atoms with Crippen molar-refractivity contribution in [2.75, 3.05) is 13.1 Å². The number of aromatic nitrogens is 1. The Kier molecular flexibility index (Phi) is 6.36. The maximum atomic E-state index is 13.3. The van der Waals surface area contributed by atoms with E-state index in [1.165, 1.54) is 4.31 Å². The molecule has 1 fully saturated rings. The Bertz CT molecular complexity index is 1490. The molecule has 188 valence electrons. The standard InChI is InChI=1S/C27H28N2O6S/c1-18(2)35-21-6-8-22(9-7-21)36(32,33)29-12-11-20(15-29)24-16-28(17-27(30)31)25-14-19(5-10-23(24)25)26-4-3-13-34-26/h3-10,13-14,16,18,20H,11-12,15,17H2,1-2H3,(H,30,31)/t20-/m1/s1. The molecule has 1 saturated heterocycles. The average Bonchev–Trinajstić information content (AvgIpc) is 3.59. The minimum Gasteiger partial charge on any atom is -0.491 e. The zero-order chi connectivity index (χ0) is 25.4. The zero-order valence-electron chi connectivity index (χ0n) is 20.1. The van der Waals surface area contributed by atoms with Crippen molar-refractivity contribution < 1.29 is 27.5 Å². The lowest BCUT2D eigenvalue weighted by Crippen LogP contribution is -2.28. The lowest BCUT2D eigenvalue weighted by atomic mass is 9.97. The van der Waals surface area contributed by atoms with Gasteiger partial charge < -0.3 is 18.8 Å². The first kappa shape index (κ1) is 24.1. The highest BCUT2D eigenvalue weighted by Crippen LogP contribution is 2.37. The van der Waals surface area contributed by atoms with E-state index in [0.29, 0.717) is 31.0 Å². The second kappa shape index (κ2) is 9.48. The topological polar surface area (TPSA) is 102 Å². The van der Waals surface area contributed by atoms with Crippen molar-refractivity contribution >= 4 is 26.9 Å². The van der Waals surface area contributed by atoms with Crippen LogP contribution in [0.4, 0.5) is 0 Å². The van der Waals surface area contributed by atoms with Crippen molar-refractivity contribution in [3.63, 3.8) is 0 Å². The van der Waals surface area contributed by atoms with Crippen LogP contribution >= 0.6 is 0 Å². The molecule has 0 spiro atoms. The third-order valence-electron chi connectivity index (χ3n) is 6.45. The van der Waals surface area contributed by atoms with Crippen molar-refractivity contribution in [3.05, 3.63) is 72.6 Å². The van der Waals surface area contributed by atoms with Gasteiger partial charge in [-0.3, -0.25) is 4.79 Å². The van der Waals surface area contributed by atoms with Crippen LogP contribution in [0.15, 0.2) is 76.4 Å². The Labute approximate surface area is 209 Å². The molecule has 0 aliphatic carbocycles. The molecule has 2 aromatic carbocycles. The van der Waals surface area contributed by atoms with Gasteiger partial charge in [0.15, 0.2) is 0 Å². The van der Waals surface area contributed by atoms with Crippen LogP contribution in [0.25, 0.3) is 22.2 Å². The van der Waals surface area contributed by atoms with Gasteiger partial charge in [-0.1, -0.05) is 12.1 Å². The van der Waals surface area contributed by atoms with Crippen LogP contribution in [-0.4, -0.2) is 47.6 Å². The van der Waals surface area contributed by atoms with E-state index >= 15 is 0 Å². The third kappa shape index (κ3) is 4.64. The molecule has 1 N–H and O–H groups in total.